The van der Waals surface area contributed by atoms with Gasteiger partial charge in [-0.2, -0.15) is 0 Å². The fourth-order valence-electron chi connectivity index (χ4n) is 5.38. The quantitative estimate of drug-likeness (QED) is 0.0273. The number of carbonyl (C=O) groups is 2. The Bertz CT molecular complexity index is 996. The molecule has 0 aromatic heterocycles. The van der Waals surface area contributed by atoms with Crippen molar-refractivity contribution in [2.45, 2.75) is 180 Å². The molecule has 0 amide bonds. The number of nitrogens with two attached hydrogens (primary N) is 1. The number of rotatable bonds is 38. The first-order chi connectivity index (χ1) is 25.3. The monoisotopic (exact) mass is 754 g/mol. The fraction of sp³-hybridized carbons (Fsp3) is 0.762. The molecule has 0 radical (unpaired) electrons. The van der Waals surface area contributed by atoms with Crippen molar-refractivity contribution in [2.75, 3.05) is 26.4 Å². The number of ether oxygens (including phenoxy) is 2. The second-order valence-electron chi connectivity index (χ2n) is 13.5. The molecule has 1 unspecified atom stereocenters. The Kier molecular flexibility index (Phi) is 37.2. The third-order valence-electron chi connectivity index (χ3n) is 8.47. The van der Waals surface area contributed by atoms with E-state index >= 15 is 0 Å². The highest BCUT2D eigenvalue weighted by Gasteiger charge is 2.25. The van der Waals surface area contributed by atoms with Crippen molar-refractivity contribution >= 4 is 19.8 Å². The number of hydrogen-bond acceptors (Lipinski definition) is 8. The summed E-state index contributed by atoms with van der Waals surface area (Å²) in [5, 5.41) is 0. The average Bonchev–Trinajstić information content (AvgIpc) is 3.13. The molecule has 0 aliphatic heterocycles. The van der Waals surface area contributed by atoms with Crippen LogP contribution in [-0.2, 0) is 32.7 Å². The van der Waals surface area contributed by atoms with Gasteiger partial charge in [-0.1, -0.05) is 152 Å². The van der Waals surface area contributed by atoms with Crippen LogP contribution in [0.15, 0.2) is 48.6 Å². The summed E-state index contributed by atoms with van der Waals surface area (Å²) in [5.74, 6) is -0.865. The molecule has 0 aliphatic rings. The van der Waals surface area contributed by atoms with Crippen LogP contribution in [0.5, 0.6) is 0 Å². The van der Waals surface area contributed by atoms with Crippen LogP contribution in [0.2, 0.25) is 0 Å². The smallest absolute Gasteiger partial charge is 0.462 e. The number of hydrogen-bond donors (Lipinski definition) is 2. The Morgan fingerprint density at radius 3 is 1.52 bits per heavy atom. The van der Waals surface area contributed by atoms with Gasteiger partial charge in [0.05, 0.1) is 13.2 Å². The van der Waals surface area contributed by atoms with Crippen LogP contribution in [0.1, 0.15) is 174 Å². The molecule has 2 atom stereocenters. The minimum atomic E-state index is -4.38. The summed E-state index contributed by atoms with van der Waals surface area (Å²) in [6, 6.07) is 0. The molecule has 0 saturated heterocycles. The molecule has 0 spiro atoms. The summed E-state index contributed by atoms with van der Waals surface area (Å²) < 4.78 is 32.7. The van der Waals surface area contributed by atoms with Gasteiger partial charge in [-0.3, -0.25) is 18.6 Å². The van der Waals surface area contributed by atoms with Crippen LogP contribution in [0.25, 0.3) is 0 Å². The first-order valence-electron chi connectivity index (χ1n) is 20.6. The molecule has 0 heterocycles. The molecule has 0 bridgehead atoms. The van der Waals surface area contributed by atoms with Gasteiger partial charge in [0.2, 0.25) is 0 Å². The highest BCUT2D eigenvalue weighted by atomic mass is 31.2. The van der Waals surface area contributed by atoms with Crippen molar-refractivity contribution in [3.05, 3.63) is 48.6 Å². The van der Waals surface area contributed by atoms with E-state index in [1.165, 1.54) is 77.0 Å². The zero-order chi connectivity index (χ0) is 38.2. The maximum absolute atomic E-state index is 12.5. The second kappa shape index (κ2) is 38.7. The summed E-state index contributed by atoms with van der Waals surface area (Å²) in [5.41, 5.74) is 5.33. The second-order valence-corrected chi connectivity index (χ2v) is 15.0. The van der Waals surface area contributed by atoms with Crippen molar-refractivity contribution in [2.24, 2.45) is 5.73 Å². The Morgan fingerprint density at radius 1 is 0.577 bits per heavy atom. The predicted molar refractivity (Wildman–Crippen MR) is 215 cm³/mol. The van der Waals surface area contributed by atoms with Gasteiger partial charge >= 0.3 is 19.8 Å². The van der Waals surface area contributed by atoms with E-state index in [2.05, 4.69) is 62.5 Å². The van der Waals surface area contributed by atoms with E-state index in [-0.39, 0.29) is 32.6 Å². The molecule has 52 heavy (non-hydrogen) atoms. The van der Waals surface area contributed by atoms with Crippen molar-refractivity contribution in [3.8, 4) is 0 Å². The van der Waals surface area contributed by atoms with Crippen molar-refractivity contribution < 1.29 is 37.6 Å². The molecule has 3 N–H and O–H groups in total. The van der Waals surface area contributed by atoms with E-state index in [9.17, 15) is 19.0 Å². The number of allylic oxidation sites excluding steroid dienone is 8. The minimum Gasteiger partial charge on any atom is -0.462 e. The number of phosphoric acid groups is 1. The third-order valence-corrected chi connectivity index (χ3v) is 9.45. The van der Waals surface area contributed by atoms with E-state index < -0.39 is 32.5 Å². The Labute approximate surface area is 317 Å². The number of unbranched alkanes of at least 4 members (excludes halogenated alkanes) is 17. The Morgan fingerprint density at radius 2 is 1.00 bits per heavy atom. The van der Waals surface area contributed by atoms with Gasteiger partial charge in [-0.15, -0.1) is 0 Å². The summed E-state index contributed by atoms with van der Waals surface area (Å²) in [6.07, 6.45) is 42.8. The SMILES string of the molecule is CCCCC/C=C/C/C=C/C/C=C/C/C=C/CCCCCC(=O)OC[C@@H](COP(=O)(O)OCCN)OC(=O)CCCCCCCCCCCCCC. The Hall–Kier alpha value is -2.03. The zero-order valence-corrected chi connectivity index (χ0v) is 33.9. The number of carbonyl (C=O) groups excluding carboxylic acids is 2. The maximum atomic E-state index is 12.5. The lowest BCUT2D eigenvalue weighted by Gasteiger charge is -2.19. The summed E-state index contributed by atoms with van der Waals surface area (Å²) in [4.78, 5) is 34.8. The van der Waals surface area contributed by atoms with Crippen molar-refractivity contribution in [1.29, 1.82) is 0 Å². The predicted octanol–water partition coefficient (Wildman–Crippen LogP) is 11.6. The van der Waals surface area contributed by atoms with E-state index in [1.54, 1.807) is 0 Å². The molecule has 0 aliphatic carbocycles. The maximum Gasteiger partial charge on any atom is 0.472 e. The Balaban J connectivity index is 4.23. The van der Waals surface area contributed by atoms with Crippen LogP contribution in [0.3, 0.4) is 0 Å². The molecule has 0 fully saturated rings. The lowest BCUT2D eigenvalue weighted by Crippen LogP contribution is -2.29. The van der Waals surface area contributed by atoms with E-state index in [4.69, 9.17) is 24.3 Å². The van der Waals surface area contributed by atoms with Crippen LogP contribution < -0.4 is 5.73 Å². The van der Waals surface area contributed by atoms with Gasteiger partial charge in [-0.05, 0) is 57.8 Å². The molecule has 302 valence electrons. The van der Waals surface area contributed by atoms with Gasteiger partial charge < -0.3 is 20.1 Å². The van der Waals surface area contributed by atoms with Gasteiger partial charge in [-0.25, -0.2) is 4.57 Å². The van der Waals surface area contributed by atoms with Gasteiger partial charge in [0, 0.05) is 19.4 Å². The zero-order valence-electron chi connectivity index (χ0n) is 33.0. The number of esters is 2. The topological polar surface area (TPSA) is 134 Å². The summed E-state index contributed by atoms with van der Waals surface area (Å²) >= 11 is 0. The van der Waals surface area contributed by atoms with Gasteiger partial charge in [0.15, 0.2) is 6.10 Å². The van der Waals surface area contributed by atoms with E-state index in [1.807, 2.05) is 0 Å². The first kappa shape index (κ1) is 50.0. The molecular formula is C42H76NO8P. The van der Waals surface area contributed by atoms with Crippen LogP contribution in [-0.4, -0.2) is 49.3 Å². The standard InChI is InChI=1S/C42H76NO8P/c1-3-5-7-9-11-13-15-17-18-19-20-21-22-23-25-26-28-30-32-34-41(44)48-38-40(39-50-52(46,47)49-37-36-43)51-42(45)35-33-31-29-27-24-16-14-12-10-8-6-4-2/h11,13,17-18,20-21,23,25,40H,3-10,12,14-16,19,22,24,26-39,43H2,1-2H3,(H,46,47)/b13-11+,18-17+,21-20+,25-23+/t40-/m0/s1. The van der Waals surface area contributed by atoms with Crippen LogP contribution >= 0.6 is 7.82 Å². The lowest BCUT2D eigenvalue weighted by atomic mass is 10.0. The first-order valence-corrected chi connectivity index (χ1v) is 22.1. The molecule has 0 rings (SSSR count). The van der Waals surface area contributed by atoms with E-state index in [0.29, 0.717) is 12.8 Å². The number of phosphoric ester groups is 1. The highest BCUT2D eigenvalue weighted by Crippen LogP contribution is 2.43. The summed E-state index contributed by atoms with van der Waals surface area (Å²) in [7, 11) is -4.38. The summed E-state index contributed by atoms with van der Waals surface area (Å²) in [6.45, 7) is 3.65. The molecule has 0 saturated carbocycles. The molecule has 0 aromatic rings. The van der Waals surface area contributed by atoms with Gasteiger partial charge in [0.1, 0.15) is 6.61 Å². The van der Waals surface area contributed by atoms with Crippen LogP contribution in [0.4, 0.5) is 0 Å². The van der Waals surface area contributed by atoms with Gasteiger partial charge in [0.25, 0.3) is 0 Å². The highest BCUT2D eigenvalue weighted by molar-refractivity contribution is 7.47. The molecule has 0 aromatic carbocycles. The largest absolute Gasteiger partial charge is 0.472 e. The van der Waals surface area contributed by atoms with Crippen molar-refractivity contribution in [1.82, 2.24) is 0 Å². The molecular weight excluding hydrogens is 677 g/mol. The molecule has 9 nitrogen and oxygen atoms in total. The fourth-order valence-corrected chi connectivity index (χ4v) is 6.15. The van der Waals surface area contributed by atoms with Crippen LogP contribution in [0, 0.1) is 0 Å². The normalized spacial score (nSPS) is 13.8. The third kappa shape index (κ3) is 37.7. The van der Waals surface area contributed by atoms with Crippen molar-refractivity contribution in [3.63, 3.8) is 0 Å². The molecule has 10 heteroatoms. The minimum absolute atomic E-state index is 0.0482. The lowest BCUT2D eigenvalue weighted by molar-refractivity contribution is -0.161. The average molecular weight is 754 g/mol. The van der Waals surface area contributed by atoms with E-state index in [0.717, 1.165) is 57.8 Å².